The van der Waals surface area contributed by atoms with E-state index in [1.54, 1.807) is 0 Å². The highest BCUT2D eigenvalue weighted by Gasteiger charge is 2.21. The Kier molecular flexibility index (Phi) is 3.49. The zero-order valence-corrected chi connectivity index (χ0v) is 10.3. The van der Waals surface area contributed by atoms with E-state index in [9.17, 15) is 0 Å². The summed E-state index contributed by atoms with van der Waals surface area (Å²) in [6.07, 6.45) is 2.33. The van der Waals surface area contributed by atoms with Crippen LogP contribution in [0.5, 0.6) is 0 Å². The molecule has 1 aliphatic heterocycles. The maximum Gasteiger partial charge on any atom is 0.0400 e. The van der Waals surface area contributed by atoms with Gasteiger partial charge >= 0.3 is 0 Å². The third kappa shape index (κ3) is 2.22. The predicted octanol–water partition coefficient (Wildman–Crippen LogP) is 2.42. The first kappa shape index (κ1) is 11.5. The summed E-state index contributed by atoms with van der Waals surface area (Å²) in [5.41, 5.74) is 9.08. The van der Waals surface area contributed by atoms with Crippen LogP contribution in [0.4, 0.5) is 5.69 Å². The van der Waals surface area contributed by atoms with Crippen LogP contribution in [0.1, 0.15) is 25.8 Å². The fraction of sp³-hybridized carbons (Fsp3) is 0.571. The predicted molar refractivity (Wildman–Crippen MR) is 69.8 cm³/mol. The van der Waals surface area contributed by atoms with Crippen LogP contribution in [0.15, 0.2) is 24.3 Å². The van der Waals surface area contributed by atoms with Gasteiger partial charge in [-0.15, -0.1) is 0 Å². The van der Waals surface area contributed by atoms with E-state index in [0.29, 0.717) is 5.92 Å². The van der Waals surface area contributed by atoms with Crippen LogP contribution < -0.4 is 10.6 Å². The molecular weight excluding hydrogens is 196 g/mol. The summed E-state index contributed by atoms with van der Waals surface area (Å²) < 4.78 is 0. The molecule has 2 N–H and O–H groups in total. The molecule has 2 rings (SSSR count). The second-order valence-corrected chi connectivity index (χ2v) is 4.87. The average Bonchev–Trinajstić information content (AvgIpc) is 2.72. The molecule has 1 aliphatic rings. The maximum absolute atomic E-state index is 6.22. The van der Waals surface area contributed by atoms with E-state index < -0.39 is 0 Å². The quantitative estimate of drug-likeness (QED) is 0.841. The Balaban J connectivity index is 2.03. The summed E-state index contributed by atoms with van der Waals surface area (Å²) in [6.45, 7) is 6.57. The second-order valence-electron chi connectivity index (χ2n) is 4.87. The summed E-state index contributed by atoms with van der Waals surface area (Å²) >= 11 is 0. The molecule has 2 heteroatoms. The third-order valence-corrected chi connectivity index (χ3v) is 3.79. The van der Waals surface area contributed by atoms with E-state index in [2.05, 4.69) is 43.0 Å². The fourth-order valence-corrected chi connectivity index (χ4v) is 2.33. The molecule has 0 aromatic heterocycles. The molecule has 0 bridgehead atoms. The Labute approximate surface area is 98.4 Å². The normalized spacial score (nSPS) is 18.3. The van der Waals surface area contributed by atoms with Gasteiger partial charge in [0.2, 0.25) is 0 Å². The average molecular weight is 218 g/mol. The van der Waals surface area contributed by atoms with Crippen LogP contribution >= 0.6 is 0 Å². The van der Waals surface area contributed by atoms with Crippen molar-refractivity contribution in [2.45, 2.75) is 32.7 Å². The molecule has 0 saturated carbocycles. The minimum atomic E-state index is 0.288. The summed E-state index contributed by atoms with van der Waals surface area (Å²) in [5.74, 6) is 0.604. The molecule has 0 fully saturated rings. The number of benzene rings is 1. The number of fused-ring (bicyclic) bond motifs is 1. The number of para-hydroxylation sites is 1. The highest BCUT2D eigenvalue weighted by Crippen LogP contribution is 2.27. The molecule has 0 aliphatic carbocycles. The fourth-order valence-electron chi connectivity index (χ4n) is 2.33. The van der Waals surface area contributed by atoms with E-state index in [-0.39, 0.29) is 6.04 Å². The lowest BCUT2D eigenvalue weighted by atomic mass is 10.00. The van der Waals surface area contributed by atoms with Gasteiger partial charge in [0.1, 0.15) is 0 Å². The summed E-state index contributed by atoms with van der Waals surface area (Å²) in [5, 5.41) is 0. The first-order valence-corrected chi connectivity index (χ1v) is 6.30. The van der Waals surface area contributed by atoms with E-state index in [4.69, 9.17) is 5.73 Å². The van der Waals surface area contributed by atoms with Gasteiger partial charge in [0.15, 0.2) is 0 Å². The maximum atomic E-state index is 6.22. The van der Waals surface area contributed by atoms with Gasteiger partial charge < -0.3 is 10.6 Å². The minimum absolute atomic E-state index is 0.288. The molecular formula is C14H22N2. The molecule has 2 unspecified atom stereocenters. The Hall–Kier alpha value is -1.02. The smallest absolute Gasteiger partial charge is 0.0400 e. The van der Waals surface area contributed by atoms with Gasteiger partial charge in [-0.3, -0.25) is 0 Å². The van der Waals surface area contributed by atoms with Crippen LogP contribution in [0.2, 0.25) is 0 Å². The molecule has 0 amide bonds. The summed E-state index contributed by atoms with van der Waals surface area (Å²) in [7, 11) is 0. The molecule has 88 valence electrons. The van der Waals surface area contributed by atoms with Crippen molar-refractivity contribution in [3.63, 3.8) is 0 Å². The highest BCUT2D eigenvalue weighted by atomic mass is 15.2. The molecule has 1 aromatic carbocycles. The van der Waals surface area contributed by atoms with E-state index in [0.717, 1.165) is 19.5 Å². The lowest BCUT2D eigenvalue weighted by molar-refractivity contribution is 0.440. The molecule has 1 heterocycles. The number of nitrogens with zero attached hydrogens (tertiary/aromatic N) is 1. The van der Waals surface area contributed by atoms with E-state index in [1.807, 2.05) is 0 Å². The topological polar surface area (TPSA) is 29.3 Å². The van der Waals surface area contributed by atoms with Crippen molar-refractivity contribution < 1.29 is 0 Å². The number of anilines is 1. The van der Waals surface area contributed by atoms with E-state index >= 15 is 0 Å². The van der Waals surface area contributed by atoms with Crippen molar-refractivity contribution in [1.82, 2.24) is 0 Å². The minimum Gasteiger partial charge on any atom is -0.369 e. The van der Waals surface area contributed by atoms with Crippen molar-refractivity contribution >= 4 is 5.69 Å². The largest absolute Gasteiger partial charge is 0.369 e. The van der Waals surface area contributed by atoms with Crippen molar-refractivity contribution in [3.8, 4) is 0 Å². The van der Waals surface area contributed by atoms with Crippen molar-refractivity contribution in [3.05, 3.63) is 29.8 Å². The number of hydrogen-bond donors (Lipinski definition) is 1. The monoisotopic (exact) mass is 218 g/mol. The van der Waals surface area contributed by atoms with Crippen molar-refractivity contribution in [1.29, 1.82) is 0 Å². The van der Waals surface area contributed by atoms with Crippen molar-refractivity contribution in [2.75, 3.05) is 18.0 Å². The molecule has 1 aromatic rings. The summed E-state index contributed by atoms with van der Waals surface area (Å²) in [4.78, 5) is 2.44. The molecule has 0 spiro atoms. The Morgan fingerprint density at radius 3 is 2.88 bits per heavy atom. The Morgan fingerprint density at radius 1 is 1.38 bits per heavy atom. The van der Waals surface area contributed by atoms with Crippen LogP contribution in [-0.2, 0) is 6.42 Å². The molecule has 0 saturated heterocycles. The lowest BCUT2D eigenvalue weighted by Gasteiger charge is -2.26. The van der Waals surface area contributed by atoms with Crippen molar-refractivity contribution in [2.24, 2.45) is 11.7 Å². The van der Waals surface area contributed by atoms with Gasteiger partial charge in [-0.2, -0.15) is 0 Å². The van der Waals surface area contributed by atoms with Crippen LogP contribution in [-0.4, -0.2) is 19.1 Å². The number of nitrogens with two attached hydrogens (primary N) is 1. The Morgan fingerprint density at radius 2 is 2.12 bits per heavy atom. The third-order valence-electron chi connectivity index (χ3n) is 3.79. The number of hydrogen-bond acceptors (Lipinski definition) is 2. The van der Waals surface area contributed by atoms with Gasteiger partial charge in [0.25, 0.3) is 0 Å². The number of rotatable bonds is 4. The zero-order valence-electron chi connectivity index (χ0n) is 10.3. The molecule has 16 heavy (non-hydrogen) atoms. The Bertz CT molecular complexity index is 348. The van der Waals surface area contributed by atoms with Crippen LogP contribution in [0, 0.1) is 5.92 Å². The molecule has 2 nitrogen and oxygen atoms in total. The van der Waals surface area contributed by atoms with Gasteiger partial charge in [0.05, 0.1) is 0 Å². The standard InChI is InChI=1S/C14H22N2/c1-3-11(2)13(15)10-16-9-8-12-6-4-5-7-14(12)16/h4-7,11,13H,3,8-10,15H2,1-2H3. The van der Waals surface area contributed by atoms with Crippen LogP contribution in [0.25, 0.3) is 0 Å². The van der Waals surface area contributed by atoms with Crippen LogP contribution in [0.3, 0.4) is 0 Å². The lowest BCUT2D eigenvalue weighted by Crippen LogP contribution is -2.40. The second kappa shape index (κ2) is 4.88. The molecule has 2 atom stereocenters. The molecule has 0 radical (unpaired) electrons. The SMILES string of the molecule is CCC(C)C(N)CN1CCc2ccccc21. The first-order chi connectivity index (χ1) is 7.72. The van der Waals surface area contributed by atoms with E-state index in [1.165, 1.54) is 17.7 Å². The highest BCUT2D eigenvalue weighted by molar-refractivity contribution is 5.57. The van der Waals surface area contributed by atoms with Gasteiger partial charge in [-0.1, -0.05) is 38.5 Å². The van der Waals surface area contributed by atoms with Gasteiger partial charge in [-0.05, 0) is 24.0 Å². The van der Waals surface area contributed by atoms with Gasteiger partial charge in [-0.25, -0.2) is 0 Å². The zero-order chi connectivity index (χ0) is 11.5. The van der Waals surface area contributed by atoms with Gasteiger partial charge in [0, 0.05) is 24.8 Å². The first-order valence-electron chi connectivity index (χ1n) is 6.30. The summed E-state index contributed by atoms with van der Waals surface area (Å²) in [6, 6.07) is 8.97.